The Labute approximate surface area is 322 Å². The number of hydrogen-bond acceptors (Lipinski definition) is 3. The van der Waals surface area contributed by atoms with Gasteiger partial charge in [0.25, 0.3) is 0 Å². The first-order valence-corrected chi connectivity index (χ1v) is 19.5. The Balaban J connectivity index is 1.25. The quantitative estimate of drug-likeness (QED) is 0.170. The van der Waals surface area contributed by atoms with Gasteiger partial charge >= 0.3 is 0 Å². The minimum absolute atomic E-state index is 0.855. The number of thiophene rings is 1. The van der Waals surface area contributed by atoms with Gasteiger partial charge < -0.3 is 9.32 Å². The fourth-order valence-electron chi connectivity index (χ4n) is 8.38. The van der Waals surface area contributed by atoms with Crippen molar-refractivity contribution in [2.45, 2.75) is 0 Å². The van der Waals surface area contributed by atoms with Crippen LogP contribution in [0.1, 0.15) is 0 Å². The number of anilines is 3. The van der Waals surface area contributed by atoms with E-state index in [1.54, 1.807) is 0 Å². The third-order valence-electron chi connectivity index (χ3n) is 10.9. The van der Waals surface area contributed by atoms with Crippen molar-refractivity contribution in [1.82, 2.24) is 0 Å². The van der Waals surface area contributed by atoms with E-state index in [4.69, 9.17) is 4.42 Å². The molecule has 0 saturated carbocycles. The van der Waals surface area contributed by atoms with E-state index in [1.807, 2.05) is 17.4 Å². The van der Waals surface area contributed by atoms with E-state index >= 15 is 0 Å². The molecule has 258 valence electrons. The molecule has 2 heterocycles. The third-order valence-corrected chi connectivity index (χ3v) is 12.1. The molecule has 0 atom stereocenters. The van der Waals surface area contributed by atoms with E-state index in [9.17, 15) is 0 Å². The lowest BCUT2D eigenvalue weighted by molar-refractivity contribution is 0.669. The van der Waals surface area contributed by atoms with Crippen LogP contribution in [-0.4, -0.2) is 0 Å². The second-order valence-corrected chi connectivity index (χ2v) is 15.1. The maximum absolute atomic E-state index is 6.84. The van der Waals surface area contributed by atoms with E-state index in [1.165, 1.54) is 42.1 Å². The summed E-state index contributed by atoms with van der Waals surface area (Å²) in [6, 6.07) is 72.2. The molecule has 0 aliphatic rings. The first-order chi connectivity index (χ1) is 27.3. The van der Waals surface area contributed by atoms with Crippen LogP contribution in [0.5, 0.6) is 0 Å². The van der Waals surface area contributed by atoms with Crippen LogP contribution in [0.15, 0.2) is 205 Å². The number of para-hydroxylation sites is 3. The van der Waals surface area contributed by atoms with Crippen molar-refractivity contribution in [2.75, 3.05) is 4.90 Å². The lowest BCUT2D eigenvalue weighted by atomic mass is 9.93. The first kappa shape index (κ1) is 31.6. The van der Waals surface area contributed by atoms with Gasteiger partial charge in [0.1, 0.15) is 5.58 Å². The Morgan fingerprint density at radius 1 is 0.364 bits per heavy atom. The smallest absolute Gasteiger partial charge is 0.159 e. The van der Waals surface area contributed by atoms with Crippen LogP contribution in [0.25, 0.3) is 86.3 Å². The molecular weight excluding hydrogens is 687 g/mol. The summed E-state index contributed by atoms with van der Waals surface area (Å²) < 4.78 is 9.42. The molecule has 0 saturated heterocycles. The molecule has 0 aliphatic carbocycles. The average molecular weight is 720 g/mol. The Bertz CT molecular complexity index is 3220. The maximum atomic E-state index is 6.84. The van der Waals surface area contributed by atoms with Crippen molar-refractivity contribution in [1.29, 1.82) is 0 Å². The second kappa shape index (κ2) is 12.9. The summed E-state index contributed by atoms with van der Waals surface area (Å²) >= 11 is 1.86. The van der Waals surface area contributed by atoms with E-state index in [0.717, 1.165) is 61.3 Å². The molecule has 55 heavy (non-hydrogen) atoms. The SMILES string of the molecule is c1ccc(-c2ccc(-c3cccc4ccccc34)cc2N(c2ccccc2-c2cccc3c2sc2ccccc23)c2cccc3c2oc2ccccc23)cc1. The largest absolute Gasteiger partial charge is 0.454 e. The molecule has 0 radical (unpaired) electrons. The summed E-state index contributed by atoms with van der Waals surface area (Å²) in [5, 5.41) is 7.22. The predicted octanol–water partition coefficient (Wildman–Crippen LogP) is 15.6. The van der Waals surface area contributed by atoms with E-state index in [-0.39, 0.29) is 0 Å². The molecule has 3 heteroatoms. The monoisotopic (exact) mass is 719 g/mol. The number of hydrogen-bond donors (Lipinski definition) is 0. The van der Waals surface area contributed by atoms with Crippen molar-refractivity contribution >= 4 is 81.3 Å². The molecule has 0 unspecified atom stereocenters. The van der Waals surface area contributed by atoms with Gasteiger partial charge in [0.2, 0.25) is 0 Å². The molecule has 0 amide bonds. The first-order valence-electron chi connectivity index (χ1n) is 18.7. The Morgan fingerprint density at radius 3 is 1.93 bits per heavy atom. The molecule has 0 aliphatic heterocycles. The normalized spacial score (nSPS) is 11.6. The van der Waals surface area contributed by atoms with E-state index in [2.05, 4.69) is 199 Å². The van der Waals surface area contributed by atoms with Gasteiger partial charge in [-0.3, -0.25) is 0 Å². The molecule has 2 aromatic heterocycles. The minimum Gasteiger partial charge on any atom is -0.454 e. The highest BCUT2D eigenvalue weighted by Gasteiger charge is 2.26. The van der Waals surface area contributed by atoms with Gasteiger partial charge in [-0.25, -0.2) is 0 Å². The maximum Gasteiger partial charge on any atom is 0.159 e. The van der Waals surface area contributed by atoms with Crippen molar-refractivity contribution in [2.24, 2.45) is 0 Å². The summed E-state index contributed by atoms with van der Waals surface area (Å²) in [4.78, 5) is 2.45. The molecule has 0 N–H and O–H groups in total. The van der Waals surface area contributed by atoms with Crippen molar-refractivity contribution in [3.63, 3.8) is 0 Å². The highest BCUT2D eigenvalue weighted by molar-refractivity contribution is 7.26. The van der Waals surface area contributed by atoms with Crippen molar-refractivity contribution in [3.8, 4) is 33.4 Å². The van der Waals surface area contributed by atoms with Gasteiger partial charge in [-0.2, -0.15) is 0 Å². The molecule has 0 spiro atoms. The molecule has 2 nitrogen and oxygen atoms in total. The summed E-state index contributed by atoms with van der Waals surface area (Å²) in [6.45, 7) is 0. The summed E-state index contributed by atoms with van der Waals surface area (Å²) in [5.41, 5.74) is 11.9. The summed E-state index contributed by atoms with van der Waals surface area (Å²) in [7, 11) is 0. The number of fused-ring (bicyclic) bond motifs is 7. The molecule has 11 aromatic rings. The second-order valence-electron chi connectivity index (χ2n) is 14.0. The van der Waals surface area contributed by atoms with Crippen LogP contribution in [0.3, 0.4) is 0 Å². The Kier molecular flexibility index (Phi) is 7.39. The molecular formula is C52H33NOS. The van der Waals surface area contributed by atoms with Gasteiger partial charge in [-0.1, -0.05) is 170 Å². The van der Waals surface area contributed by atoms with Crippen molar-refractivity contribution < 1.29 is 4.42 Å². The predicted molar refractivity (Wildman–Crippen MR) is 235 cm³/mol. The molecule has 11 rings (SSSR count). The third kappa shape index (κ3) is 5.16. The Morgan fingerprint density at radius 2 is 1.00 bits per heavy atom. The van der Waals surface area contributed by atoms with Crippen LogP contribution >= 0.6 is 11.3 Å². The molecule has 9 aromatic carbocycles. The standard InChI is InChI=1S/C52H33NOS/c1-2-15-35(16-3-1)39-32-31-36(38-23-12-18-34-17-4-5-19-37(34)38)33-48(39)53(47-28-14-24-43-41-21-7-10-29-49(41)54-51(43)47)46-27-9-6-20-40(46)44-25-13-26-45-42-22-8-11-30-50(42)55-52(44)45/h1-33H. The van der Waals surface area contributed by atoms with Crippen LogP contribution in [0.4, 0.5) is 17.1 Å². The number of nitrogens with zero attached hydrogens (tertiary/aromatic N) is 1. The average Bonchev–Trinajstić information content (AvgIpc) is 3.83. The molecule has 0 bridgehead atoms. The van der Waals surface area contributed by atoms with E-state index < -0.39 is 0 Å². The fourth-order valence-corrected chi connectivity index (χ4v) is 9.61. The zero-order chi connectivity index (χ0) is 36.3. The summed E-state index contributed by atoms with van der Waals surface area (Å²) in [5.74, 6) is 0. The Hall–Kier alpha value is -6.94. The fraction of sp³-hybridized carbons (Fsp3) is 0. The highest BCUT2D eigenvalue weighted by Crippen LogP contribution is 2.51. The minimum atomic E-state index is 0.855. The molecule has 0 fully saturated rings. The van der Waals surface area contributed by atoms with Crippen LogP contribution in [0, 0.1) is 0 Å². The zero-order valence-electron chi connectivity index (χ0n) is 29.8. The van der Waals surface area contributed by atoms with Crippen LogP contribution < -0.4 is 4.90 Å². The van der Waals surface area contributed by atoms with Gasteiger partial charge in [0.05, 0.1) is 17.1 Å². The topological polar surface area (TPSA) is 16.4 Å². The van der Waals surface area contributed by atoms with Crippen molar-refractivity contribution in [3.05, 3.63) is 200 Å². The number of rotatable bonds is 6. The van der Waals surface area contributed by atoms with Gasteiger partial charge in [-0.15, -0.1) is 11.3 Å². The van der Waals surface area contributed by atoms with E-state index in [0.29, 0.717) is 0 Å². The van der Waals surface area contributed by atoms with Gasteiger partial charge in [-0.05, 0) is 57.8 Å². The van der Waals surface area contributed by atoms with Crippen LogP contribution in [0.2, 0.25) is 0 Å². The lowest BCUT2D eigenvalue weighted by Gasteiger charge is -2.30. The lowest BCUT2D eigenvalue weighted by Crippen LogP contribution is -2.13. The van der Waals surface area contributed by atoms with Gasteiger partial charge in [0, 0.05) is 47.6 Å². The number of furan rings is 1. The van der Waals surface area contributed by atoms with Gasteiger partial charge in [0.15, 0.2) is 5.58 Å². The highest BCUT2D eigenvalue weighted by atomic mass is 32.1. The number of benzene rings is 9. The summed E-state index contributed by atoms with van der Waals surface area (Å²) in [6.07, 6.45) is 0. The van der Waals surface area contributed by atoms with Crippen LogP contribution in [-0.2, 0) is 0 Å². The zero-order valence-corrected chi connectivity index (χ0v) is 30.6.